The monoisotopic (exact) mass is 263 g/mol. The van der Waals surface area contributed by atoms with Gasteiger partial charge in [-0.05, 0) is 18.2 Å². The van der Waals surface area contributed by atoms with E-state index in [0.717, 1.165) is 0 Å². The normalized spacial score (nSPS) is 10.2. The maximum absolute atomic E-state index is 12.9. The van der Waals surface area contributed by atoms with Gasteiger partial charge in [-0.1, -0.05) is 6.07 Å². The van der Waals surface area contributed by atoms with Crippen LogP contribution in [-0.2, 0) is 11.3 Å². The Kier molecular flexibility index (Phi) is 4.49. The zero-order chi connectivity index (χ0) is 13.5. The van der Waals surface area contributed by atoms with E-state index in [1.165, 1.54) is 18.2 Å². The summed E-state index contributed by atoms with van der Waals surface area (Å²) in [6.07, 6.45) is 3.49. The van der Waals surface area contributed by atoms with Gasteiger partial charge < -0.3 is 10.1 Å². The summed E-state index contributed by atoms with van der Waals surface area (Å²) in [6.45, 7) is 0.925. The summed E-state index contributed by atoms with van der Waals surface area (Å²) in [5.41, 5.74) is 0. The van der Waals surface area contributed by atoms with E-state index in [9.17, 15) is 9.18 Å². The molecule has 1 N–H and O–H groups in total. The van der Waals surface area contributed by atoms with Gasteiger partial charge in [0, 0.05) is 25.0 Å². The minimum absolute atomic E-state index is 0.136. The zero-order valence-electron chi connectivity index (χ0n) is 10.3. The van der Waals surface area contributed by atoms with E-state index in [1.807, 2.05) is 12.3 Å². The molecule has 1 amide bonds. The van der Waals surface area contributed by atoms with Crippen molar-refractivity contribution in [1.29, 1.82) is 0 Å². The number of nitrogens with one attached hydrogen (secondary N) is 1. The number of aromatic nitrogens is 2. The van der Waals surface area contributed by atoms with Crippen LogP contribution in [0.25, 0.3) is 0 Å². The van der Waals surface area contributed by atoms with Crippen LogP contribution in [0.4, 0.5) is 4.39 Å². The van der Waals surface area contributed by atoms with Gasteiger partial charge in [-0.3, -0.25) is 9.48 Å². The Morgan fingerprint density at radius 3 is 3.05 bits per heavy atom. The fourth-order valence-electron chi connectivity index (χ4n) is 1.50. The second-order valence-corrected chi connectivity index (χ2v) is 3.87. The first-order valence-corrected chi connectivity index (χ1v) is 5.86. The smallest absolute Gasteiger partial charge is 0.258 e. The van der Waals surface area contributed by atoms with E-state index in [4.69, 9.17) is 4.74 Å². The van der Waals surface area contributed by atoms with E-state index in [2.05, 4.69) is 10.4 Å². The van der Waals surface area contributed by atoms with Crippen LogP contribution in [0.5, 0.6) is 5.75 Å². The molecule has 0 spiro atoms. The zero-order valence-corrected chi connectivity index (χ0v) is 10.3. The van der Waals surface area contributed by atoms with Crippen molar-refractivity contribution < 1.29 is 13.9 Å². The van der Waals surface area contributed by atoms with Crippen molar-refractivity contribution >= 4 is 5.91 Å². The SMILES string of the molecule is O=C(COc1cccc(F)c1)NCCn1cccn1. The molecule has 0 saturated carbocycles. The van der Waals surface area contributed by atoms with E-state index in [0.29, 0.717) is 18.8 Å². The number of carbonyl (C=O) groups excluding carboxylic acids is 1. The molecule has 0 aliphatic carbocycles. The van der Waals surface area contributed by atoms with Crippen LogP contribution in [0.15, 0.2) is 42.7 Å². The molecule has 0 unspecified atom stereocenters. The number of hydrogen-bond donors (Lipinski definition) is 1. The molecule has 0 aliphatic heterocycles. The summed E-state index contributed by atoms with van der Waals surface area (Å²) >= 11 is 0. The van der Waals surface area contributed by atoms with Crippen molar-refractivity contribution in [2.45, 2.75) is 6.54 Å². The molecule has 5 nitrogen and oxygen atoms in total. The minimum atomic E-state index is -0.392. The Hall–Kier alpha value is -2.37. The summed E-state index contributed by atoms with van der Waals surface area (Å²) < 4.78 is 19.7. The van der Waals surface area contributed by atoms with Gasteiger partial charge in [0.1, 0.15) is 11.6 Å². The van der Waals surface area contributed by atoms with Crippen LogP contribution in [0.2, 0.25) is 0 Å². The molecule has 19 heavy (non-hydrogen) atoms. The summed E-state index contributed by atoms with van der Waals surface area (Å²) in [5, 5.41) is 6.70. The van der Waals surface area contributed by atoms with Crippen molar-refractivity contribution in [3.63, 3.8) is 0 Å². The lowest BCUT2D eigenvalue weighted by Crippen LogP contribution is -2.31. The van der Waals surface area contributed by atoms with E-state index < -0.39 is 5.82 Å². The van der Waals surface area contributed by atoms with Gasteiger partial charge in [-0.15, -0.1) is 0 Å². The molecule has 6 heteroatoms. The molecule has 0 aliphatic rings. The lowest BCUT2D eigenvalue weighted by molar-refractivity contribution is -0.123. The van der Waals surface area contributed by atoms with Crippen LogP contribution in [-0.4, -0.2) is 28.8 Å². The summed E-state index contributed by atoms with van der Waals surface area (Å²) in [5.74, 6) is -0.310. The molecule has 100 valence electrons. The Morgan fingerprint density at radius 2 is 2.32 bits per heavy atom. The number of rotatable bonds is 6. The highest BCUT2D eigenvalue weighted by Crippen LogP contribution is 2.11. The topological polar surface area (TPSA) is 56.1 Å². The first-order chi connectivity index (χ1) is 9.24. The number of benzene rings is 1. The van der Waals surface area contributed by atoms with Crippen LogP contribution in [0.3, 0.4) is 0 Å². The van der Waals surface area contributed by atoms with E-state index in [-0.39, 0.29) is 12.5 Å². The summed E-state index contributed by atoms with van der Waals surface area (Å²) in [4.78, 5) is 11.5. The first-order valence-electron chi connectivity index (χ1n) is 5.86. The molecule has 0 bridgehead atoms. The maximum Gasteiger partial charge on any atom is 0.258 e. The second kappa shape index (κ2) is 6.53. The van der Waals surface area contributed by atoms with Crippen molar-refractivity contribution in [1.82, 2.24) is 15.1 Å². The highest BCUT2D eigenvalue weighted by Gasteiger charge is 2.03. The molecule has 0 radical (unpaired) electrons. The lowest BCUT2D eigenvalue weighted by Gasteiger charge is -2.07. The Labute approximate surface area is 110 Å². The molecule has 0 atom stereocenters. The number of amides is 1. The average Bonchev–Trinajstić information content (AvgIpc) is 2.90. The third kappa shape index (κ3) is 4.42. The third-order valence-corrected chi connectivity index (χ3v) is 2.39. The van der Waals surface area contributed by atoms with E-state index >= 15 is 0 Å². The van der Waals surface area contributed by atoms with Gasteiger partial charge >= 0.3 is 0 Å². The van der Waals surface area contributed by atoms with Gasteiger partial charge in [0.2, 0.25) is 0 Å². The van der Waals surface area contributed by atoms with Crippen LogP contribution in [0, 0.1) is 5.82 Å². The van der Waals surface area contributed by atoms with Crippen molar-refractivity contribution in [3.05, 3.63) is 48.5 Å². The predicted molar refractivity (Wildman–Crippen MR) is 67.1 cm³/mol. The lowest BCUT2D eigenvalue weighted by atomic mass is 10.3. The van der Waals surface area contributed by atoms with Gasteiger partial charge in [0.25, 0.3) is 5.91 Å². The molecule has 1 aromatic carbocycles. The first kappa shape index (κ1) is 13.1. The predicted octanol–water partition coefficient (Wildman–Crippen LogP) is 1.22. The van der Waals surface area contributed by atoms with E-state index in [1.54, 1.807) is 16.9 Å². The van der Waals surface area contributed by atoms with Crippen LogP contribution >= 0.6 is 0 Å². The van der Waals surface area contributed by atoms with Gasteiger partial charge in [-0.25, -0.2) is 4.39 Å². The quantitative estimate of drug-likeness (QED) is 0.852. The van der Waals surface area contributed by atoms with Crippen LogP contribution < -0.4 is 10.1 Å². The number of hydrogen-bond acceptors (Lipinski definition) is 3. The standard InChI is InChI=1S/C13H14FN3O2/c14-11-3-1-4-12(9-11)19-10-13(18)15-6-8-17-7-2-5-16-17/h1-5,7,9H,6,8,10H2,(H,15,18). The molecule has 0 saturated heterocycles. The molecule has 0 fully saturated rings. The number of halogens is 1. The maximum atomic E-state index is 12.9. The minimum Gasteiger partial charge on any atom is -0.484 e. The summed E-state index contributed by atoms with van der Waals surface area (Å²) in [6, 6.07) is 7.49. The average molecular weight is 263 g/mol. The largest absolute Gasteiger partial charge is 0.484 e. The van der Waals surface area contributed by atoms with Gasteiger partial charge in [0.05, 0.1) is 6.54 Å². The fourth-order valence-corrected chi connectivity index (χ4v) is 1.50. The second-order valence-electron chi connectivity index (χ2n) is 3.87. The Morgan fingerprint density at radius 1 is 1.42 bits per heavy atom. The van der Waals surface area contributed by atoms with Crippen molar-refractivity contribution in [2.75, 3.05) is 13.2 Å². The third-order valence-electron chi connectivity index (χ3n) is 2.39. The number of nitrogens with zero attached hydrogens (tertiary/aromatic N) is 2. The highest BCUT2D eigenvalue weighted by molar-refractivity contribution is 5.77. The number of carbonyl (C=O) groups is 1. The molecule has 1 heterocycles. The van der Waals surface area contributed by atoms with Gasteiger partial charge in [-0.2, -0.15) is 5.10 Å². The molecular formula is C13H14FN3O2. The van der Waals surface area contributed by atoms with Crippen molar-refractivity contribution in [2.24, 2.45) is 0 Å². The Bertz CT molecular complexity index is 528. The Balaban J connectivity index is 1.67. The molecule has 2 aromatic rings. The fraction of sp³-hybridized carbons (Fsp3) is 0.231. The summed E-state index contributed by atoms with van der Waals surface area (Å²) in [7, 11) is 0. The molecule has 2 rings (SSSR count). The molecular weight excluding hydrogens is 249 g/mol. The van der Waals surface area contributed by atoms with Crippen LogP contribution in [0.1, 0.15) is 0 Å². The highest BCUT2D eigenvalue weighted by atomic mass is 19.1. The number of ether oxygens (including phenoxy) is 1. The van der Waals surface area contributed by atoms with Gasteiger partial charge in [0.15, 0.2) is 6.61 Å². The molecule has 1 aromatic heterocycles. The van der Waals surface area contributed by atoms with Crippen molar-refractivity contribution in [3.8, 4) is 5.75 Å².